The SMILES string of the molecule is CSCC(CC(=O)O)NSS. The Kier molecular flexibility index (Phi) is 7.46. The van der Waals surface area contributed by atoms with Crippen LogP contribution in [0.1, 0.15) is 6.42 Å². The number of hydrogen-bond donors (Lipinski definition) is 3. The van der Waals surface area contributed by atoms with Gasteiger partial charge in [-0.3, -0.25) is 9.52 Å². The van der Waals surface area contributed by atoms with Crippen LogP contribution in [0.2, 0.25) is 0 Å². The van der Waals surface area contributed by atoms with Crippen molar-refractivity contribution in [3.8, 4) is 0 Å². The van der Waals surface area contributed by atoms with E-state index in [1.165, 1.54) is 0 Å². The molecule has 1 atom stereocenters. The van der Waals surface area contributed by atoms with Crippen LogP contribution in [0.3, 0.4) is 0 Å². The summed E-state index contributed by atoms with van der Waals surface area (Å²) in [4.78, 5) is 10.3. The Morgan fingerprint density at radius 1 is 1.82 bits per heavy atom. The van der Waals surface area contributed by atoms with Crippen molar-refractivity contribution < 1.29 is 9.90 Å². The Morgan fingerprint density at radius 3 is 2.82 bits per heavy atom. The van der Waals surface area contributed by atoms with E-state index in [2.05, 4.69) is 16.4 Å². The Labute approximate surface area is 79.6 Å². The number of hydrogen-bond acceptors (Lipinski definition) is 5. The molecule has 0 aliphatic carbocycles. The van der Waals surface area contributed by atoms with Gasteiger partial charge < -0.3 is 5.11 Å². The number of rotatable bonds is 6. The highest BCUT2D eigenvalue weighted by molar-refractivity contribution is 8.67. The van der Waals surface area contributed by atoms with E-state index in [1.54, 1.807) is 11.8 Å². The van der Waals surface area contributed by atoms with Crippen LogP contribution in [-0.4, -0.2) is 29.1 Å². The molecule has 3 nitrogen and oxygen atoms in total. The van der Waals surface area contributed by atoms with Crippen LogP contribution in [0.25, 0.3) is 0 Å². The Balaban J connectivity index is 3.59. The first-order valence-electron chi connectivity index (χ1n) is 2.97. The van der Waals surface area contributed by atoms with Gasteiger partial charge in [0.1, 0.15) is 0 Å². The zero-order valence-corrected chi connectivity index (χ0v) is 8.64. The summed E-state index contributed by atoms with van der Waals surface area (Å²) in [6, 6.07) is 0.00463. The van der Waals surface area contributed by atoms with E-state index in [0.717, 1.165) is 16.7 Å². The molecule has 0 spiro atoms. The summed E-state index contributed by atoms with van der Waals surface area (Å²) in [5.74, 6) is 0.0128. The van der Waals surface area contributed by atoms with E-state index >= 15 is 0 Å². The van der Waals surface area contributed by atoms with E-state index < -0.39 is 5.97 Å². The van der Waals surface area contributed by atoms with Gasteiger partial charge in [0.05, 0.1) is 6.42 Å². The zero-order chi connectivity index (χ0) is 8.69. The van der Waals surface area contributed by atoms with Crippen molar-refractivity contribution in [2.45, 2.75) is 12.5 Å². The lowest BCUT2D eigenvalue weighted by molar-refractivity contribution is -0.137. The first-order valence-corrected chi connectivity index (χ1v) is 6.23. The van der Waals surface area contributed by atoms with Crippen LogP contribution >= 0.6 is 34.4 Å². The van der Waals surface area contributed by atoms with Gasteiger partial charge in [-0.05, 0) is 17.2 Å². The maximum atomic E-state index is 10.3. The van der Waals surface area contributed by atoms with Crippen molar-refractivity contribution in [3.63, 3.8) is 0 Å². The molecule has 0 aromatic rings. The van der Waals surface area contributed by atoms with E-state index in [4.69, 9.17) is 5.11 Å². The molecule has 0 saturated carbocycles. The Morgan fingerprint density at radius 2 is 2.45 bits per heavy atom. The molecule has 0 bridgehead atoms. The second-order valence-corrected chi connectivity index (χ2v) is 3.84. The fourth-order valence-corrected chi connectivity index (χ4v) is 2.09. The van der Waals surface area contributed by atoms with Crippen LogP contribution < -0.4 is 4.72 Å². The van der Waals surface area contributed by atoms with Crippen molar-refractivity contribution in [2.24, 2.45) is 0 Å². The fraction of sp³-hybridized carbons (Fsp3) is 0.800. The predicted octanol–water partition coefficient (Wildman–Crippen LogP) is 1.28. The Hall–Kier alpha value is 0.480. The molecule has 0 saturated heterocycles. The van der Waals surface area contributed by atoms with Gasteiger partial charge >= 0.3 is 5.97 Å². The van der Waals surface area contributed by atoms with Gasteiger partial charge in [0, 0.05) is 11.8 Å². The molecule has 1 unspecified atom stereocenters. The largest absolute Gasteiger partial charge is 0.481 e. The summed E-state index contributed by atoms with van der Waals surface area (Å²) in [5.41, 5.74) is 0. The van der Waals surface area contributed by atoms with E-state index in [-0.39, 0.29) is 12.5 Å². The molecule has 6 heteroatoms. The summed E-state index contributed by atoms with van der Waals surface area (Å²) in [6.45, 7) is 0. The van der Waals surface area contributed by atoms with Crippen LogP contribution in [0.15, 0.2) is 0 Å². The summed E-state index contributed by atoms with van der Waals surface area (Å²) in [7, 11) is 1.16. The molecule has 0 heterocycles. The number of aliphatic carboxylic acids is 1. The van der Waals surface area contributed by atoms with Crippen LogP contribution in [-0.2, 0) is 4.79 Å². The second kappa shape index (κ2) is 7.15. The number of thioether (sulfide) groups is 1. The molecule has 0 aromatic heterocycles. The van der Waals surface area contributed by atoms with Crippen LogP contribution in [0, 0.1) is 0 Å². The average molecular weight is 213 g/mol. The molecule has 0 aromatic carbocycles. The minimum absolute atomic E-state index is 0.00463. The normalized spacial score (nSPS) is 12.9. The maximum Gasteiger partial charge on any atom is 0.304 e. The lowest BCUT2D eigenvalue weighted by Gasteiger charge is -2.11. The molecule has 2 N–H and O–H groups in total. The molecule has 0 rings (SSSR count). The van der Waals surface area contributed by atoms with Gasteiger partial charge in [0.15, 0.2) is 0 Å². The highest BCUT2D eigenvalue weighted by atomic mass is 33.1. The van der Waals surface area contributed by atoms with E-state index in [1.807, 2.05) is 6.26 Å². The number of carboxylic acids is 1. The van der Waals surface area contributed by atoms with Gasteiger partial charge in [-0.25, -0.2) is 0 Å². The number of carbonyl (C=O) groups is 1. The standard InChI is InChI=1S/C5H11NO2S3/c1-10-3-4(6-11-9)2-5(7)8/h4,6,9H,2-3H2,1H3,(H,7,8). The summed E-state index contributed by atoms with van der Waals surface area (Å²) < 4.78 is 2.89. The summed E-state index contributed by atoms with van der Waals surface area (Å²) in [5, 5.41) is 8.45. The van der Waals surface area contributed by atoms with E-state index in [9.17, 15) is 4.79 Å². The van der Waals surface area contributed by atoms with Crippen LogP contribution in [0.5, 0.6) is 0 Å². The molecular formula is C5H11NO2S3. The molecule has 0 fully saturated rings. The zero-order valence-electron chi connectivity index (χ0n) is 6.11. The fourth-order valence-electron chi connectivity index (χ4n) is 0.621. The molecule has 0 aliphatic rings. The molecule has 11 heavy (non-hydrogen) atoms. The Bertz CT molecular complexity index is 116. The highest BCUT2D eigenvalue weighted by Crippen LogP contribution is 2.07. The average Bonchev–Trinajstić information content (AvgIpc) is 1.87. The number of thiol groups is 1. The van der Waals surface area contributed by atoms with Gasteiger partial charge in [-0.1, -0.05) is 11.7 Å². The van der Waals surface area contributed by atoms with Crippen molar-refractivity contribution in [3.05, 3.63) is 0 Å². The molecule has 0 radical (unpaired) electrons. The van der Waals surface area contributed by atoms with Gasteiger partial charge in [-0.15, -0.1) is 0 Å². The third kappa shape index (κ3) is 6.86. The van der Waals surface area contributed by atoms with Crippen molar-refractivity contribution >= 4 is 40.4 Å². The monoisotopic (exact) mass is 213 g/mol. The van der Waals surface area contributed by atoms with Crippen LogP contribution in [0.4, 0.5) is 0 Å². The minimum Gasteiger partial charge on any atom is -0.481 e. The number of nitrogens with one attached hydrogen (secondary N) is 1. The first kappa shape index (κ1) is 11.5. The van der Waals surface area contributed by atoms with Crippen molar-refractivity contribution in [1.29, 1.82) is 0 Å². The van der Waals surface area contributed by atoms with Crippen molar-refractivity contribution in [2.75, 3.05) is 12.0 Å². The van der Waals surface area contributed by atoms with Crippen molar-refractivity contribution in [1.82, 2.24) is 4.72 Å². The predicted molar refractivity (Wildman–Crippen MR) is 54.1 cm³/mol. The van der Waals surface area contributed by atoms with Gasteiger partial charge in [0.2, 0.25) is 0 Å². The third-order valence-corrected chi connectivity index (χ3v) is 2.50. The smallest absolute Gasteiger partial charge is 0.304 e. The second-order valence-electron chi connectivity index (χ2n) is 1.96. The molecular weight excluding hydrogens is 202 g/mol. The highest BCUT2D eigenvalue weighted by Gasteiger charge is 2.10. The maximum absolute atomic E-state index is 10.3. The van der Waals surface area contributed by atoms with Gasteiger partial charge in [-0.2, -0.15) is 11.8 Å². The summed E-state index contributed by atoms with van der Waals surface area (Å²) >= 11 is 5.50. The lowest BCUT2D eigenvalue weighted by Crippen LogP contribution is -2.27. The topological polar surface area (TPSA) is 49.3 Å². The number of carboxylic acid groups (broad SMARTS) is 1. The van der Waals surface area contributed by atoms with Gasteiger partial charge in [0.25, 0.3) is 0 Å². The third-order valence-electron chi connectivity index (χ3n) is 1.01. The quantitative estimate of drug-likeness (QED) is 0.352. The first-order chi connectivity index (χ1) is 5.20. The van der Waals surface area contributed by atoms with E-state index in [0.29, 0.717) is 0 Å². The lowest BCUT2D eigenvalue weighted by atomic mass is 10.2. The molecule has 0 aliphatic heterocycles. The molecule has 66 valence electrons. The minimum atomic E-state index is -0.779. The molecule has 0 amide bonds. The summed E-state index contributed by atoms with van der Waals surface area (Å²) in [6.07, 6.45) is 2.09.